The molecule has 1 unspecified atom stereocenters. The molecule has 0 aliphatic carbocycles. The van der Waals surface area contributed by atoms with Crippen molar-refractivity contribution in [1.29, 1.82) is 0 Å². The van der Waals surface area contributed by atoms with Crippen LogP contribution >= 0.6 is 0 Å². The van der Waals surface area contributed by atoms with E-state index in [0.717, 1.165) is 43.1 Å². The Kier molecular flexibility index (Phi) is 6.27. The molecule has 1 aliphatic heterocycles. The van der Waals surface area contributed by atoms with Crippen molar-refractivity contribution in [3.05, 3.63) is 84.2 Å². The fraction of sp³-hybridized carbons (Fsp3) is 0.292. The molecule has 5 heteroatoms. The average molecular weight is 389 g/mol. The summed E-state index contributed by atoms with van der Waals surface area (Å²) < 4.78 is 11.5. The number of nitrogens with zero attached hydrogens (tertiary/aromatic N) is 2. The Morgan fingerprint density at radius 2 is 1.93 bits per heavy atom. The zero-order chi connectivity index (χ0) is 19.9. The van der Waals surface area contributed by atoms with Gasteiger partial charge in [0.25, 0.3) is 0 Å². The molecule has 5 nitrogen and oxygen atoms in total. The van der Waals surface area contributed by atoms with Crippen molar-refractivity contribution in [3.63, 3.8) is 0 Å². The number of nitrogens with one attached hydrogen (secondary N) is 1. The second-order valence-electron chi connectivity index (χ2n) is 7.28. The summed E-state index contributed by atoms with van der Waals surface area (Å²) in [6, 6.07) is 21.1. The van der Waals surface area contributed by atoms with Crippen LogP contribution in [0.4, 0.5) is 5.69 Å². The van der Waals surface area contributed by atoms with Crippen molar-refractivity contribution in [1.82, 2.24) is 10.3 Å². The second kappa shape index (κ2) is 9.43. The Bertz CT molecular complexity index is 903. The Labute approximate surface area is 172 Å². The van der Waals surface area contributed by atoms with Gasteiger partial charge in [0.15, 0.2) is 11.5 Å². The summed E-state index contributed by atoms with van der Waals surface area (Å²) in [5.74, 6) is 1.50. The van der Waals surface area contributed by atoms with Gasteiger partial charge in [0.1, 0.15) is 6.61 Å². The summed E-state index contributed by atoms with van der Waals surface area (Å²) in [5.41, 5.74) is 3.52. The molecule has 2 aromatic carbocycles. The maximum atomic E-state index is 6.00. The van der Waals surface area contributed by atoms with Gasteiger partial charge in [-0.1, -0.05) is 30.3 Å². The molecule has 1 aliphatic rings. The van der Waals surface area contributed by atoms with Crippen LogP contribution in [-0.2, 0) is 13.2 Å². The first kappa shape index (κ1) is 19.3. The number of anilines is 1. The summed E-state index contributed by atoms with van der Waals surface area (Å²) in [7, 11) is 1.67. The summed E-state index contributed by atoms with van der Waals surface area (Å²) in [4.78, 5) is 6.57. The normalized spacial score (nSPS) is 16.0. The zero-order valence-corrected chi connectivity index (χ0v) is 16.8. The third kappa shape index (κ3) is 5.06. The van der Waals surface area contributed by atoms with Crippen LogP contribution in [0.1, 0.15) is 17.5 Å². The highest BCUT2D eigenvalue weighted by molar-refractivity contribution is 5.47. The number of para-hydroxylation sites is 1. The topological polar surface area (TPSA) is 46.6 Å². The van der Waals surface area contributed by atoms with Gasteiger partial charge in [0.2, 0.25) is 0 Å². The Morgan fingerprint density at radius 1 is 1.03 bits per heavy atom. The first-order valence-electron chi connectivity index (χ1n) is 10.0. The predicted molar refractivity (Wildman–Crippen MR) is 115 cm³/mol. The van der Waals surface area contributed by atoms with Crippen molar-refractivity contribution in [2.75, 3.05) is 25.1 Å². The zero-order valence-electron chi connectivity index (χ0n) is 16.8. The van der Waals surface area contributed by atoms with Crippen LogP contribution in [0.2, 0.25) is 0 Å². The van der Waals surface area contributed by atoms with E-state index in [1.165, 1.54) is 11.3 Å². The molecule has 1 aromatic heterocycles. The molecule has 4 rings (SSSR count). The first-order chi connectivity index (χ1) is 14.3. The lowest BCUT2D eigenvalue weighted by Gasteiger charge is -2.19. The molecule has 0 radical (unpaired) electrons. The van der Waals surface area contributed by atoms with E-state index in [2.05, 4.69) is 57.7 Å². The van der Waals surface area contributed by atoms with Gasteiger partial charge < -0.3 is 19.7 Å². The molecule has 0 saturated carbocycles. The number of pyridine rings is 1. The molecule has 0 amide bonds. The molecule has 1 N–H and O–H groups in total. The van der Waals surface area contributed by atoms with Gasteiger partial charge in [-0.05, 0) is 42.3 Å². The van der Waals surface area contributed by atoms with Gasteiger partial charge in [-0.2, -0.15) is 0 Å². The fourth-order valence-corrected chi connectivity index (χ4v) is 3.65. The maximum absolute atomic E-state index is 6.00. The van der Waals surface area contributed by atoms with Gasteiger partial charge >= 0.3 is 0 Å². The minimum Gasteiger partial charge on any atom is -0.493 e. The van der Waals surface area contributed by atoms with Gasteiger partial charge in [-0.25, -0.2) is 0 Å². The number of hydrogen-bond acceptors (Lipinski definition) is 5. The van der Waals surface area contributed by atoms with Crippen molar-refractivity contribution in [2.45, 2.75) is 25.6 Å². The van der Waals surface area contributed by atoms with Crippen molar-refractivity contribution in [2.24, 2.45) is 0 Å². The molecule has 29 heavy (non-hydrogen) atoms. The maximum Gasteiger partial charge on any atom is 0.161 e. The first-order valence-corrected chi connectivity index (χ1v) is 10.0. The number of hydrogen-bond donors (Lipinski definition) is 1. The van der Waals surface area contributed by atoms with Crippen LogP contribution in [0.3, 0.4) is 0 Å². The van der Waals surface area contributed by atoms with Crippen molar-refractivity contribution in [3.8, 4) is 11.5 Å². The molecule has 0 bridgehead atoms. The smallest absolute Gasteiger partial charge is 0.161 e. The minimum atomic E-state index is 0.468. The number of aromatic nitrogens is 1. The van der Waals surface area contributed by atoms with E-state index in [9.17, 15) is 0 Å². The third-order valence-electron chi connectivity index (χ3n) is 5.25. The highest BCUT2D eigenvalue weighted by Crippen LogP contribution is 2.29. The van der Waals surface area contributed by atoms with Crippen LogP contribution < -0.4 is 19.7 Å². The van der Waals surface area contributed by atoms with E-state index in [1.807, 2.05) is 24.4 Å². The summed E-state index contributed by atoms with van der Waals surface area (Å²) >= 11 is 0. The molecular weight excluding hydrogens is 362 g/mol. The van der Waals surface area contributed by atoms with Gasteiger partial charge in [-0.3, -0.25) is 4.98 Å². The molecular formula is C24H27N3O2. The monoisotopic (exact) mass is 389 g/mol. The Balaban J connectivity index is 1.34. The fourth-order valence-electron chi connectivity index (χ4n) is 3.65. The van der Waals surface area contributed by atoms with E-state index in [0.29, 0.717) is 12.6 Å². The number of ether oxygens (including phenoxy) is 2. The molecule has 3 aromatic rings. The third-order valence-corrected chi connectivity index (χ3v) is 5.25. The summed E-state index contributed by atoms with van der Waals surface area (Å²) in [5, 5.41) is 3.69. The van der Waals surface area contributed by atoms with E-state index in [1.54, 1.807) is 13.3 Å². The van der Waals surface area contributed by atoms with Crippen LogP contribution in [-0.4, -0.2) is 31.2 Å². The predicted octanol–water partition coefficient (Wildman–Crippen LogP) is 4.04. The lowest BCUT2D eigenvalue weighted by atomic mass is 10.1. The lowest BCUT2D eigenvalue weighted by Crippen LogP contribution is -2.32. The number of rotatable bonds is 8. The minimum absolute atomic E-state index is 0.468. The average Bonchev–Trinajstić information content (AvgIpc) is 3.27. The van der Waals surface area contributed by atoms with Crippen LogP contribution in [0.5, 0.6) is 11.5 Å². The number of methoxy groups -OCH3 is 1. The standard InChI is InChI=1S/C24H27N3O2/c1-28-23-10-9-19(14-24(23)29-18-20-6-5-12-25-15-20)16-26-21-11-13-27(17-21)22-7-3-2-4-8-22/h2-10,12,14-15,21,26H,11,13,16-18H2,1H3. The molecule has 1 atom stereocenters. The Hall–Kier alpha value is -3.05. The highest BCUT2D eigenvalue weighted by Gasteiger charge is 2.22. The van der Waals surface area contributed by atoms with Crippen LogP contribution in [0.15, 0.2) is 73.1 Å². The van der Waals surface area contributed by atoms with Gasteiger partial charge in [0, 0.05) is 49.3 Å². The van der Waals surface area contributed by atoms with Crippen molar-refractivity contribution >= 4 is 5.69 Å². The molecule has 0 spiro atoms. The molecule has 1 saturated heterocycles. The molecule has 1 fully saturated rings. The van der Waals surface area contributed by atoms with Gasteiger partial charge in [-0.15, -0.1) is 0 Å². The quantitative estimate of drug-likeness (QED) is 0.630. The Morgan fingerprint density at radius 3 is 2.72 bits per heavy atom. The van der Waals surface area contributed by atoms with Crippen LogP contribution in [0.25, 0.3) is 0 Å². The van der Waals surface area contributed by atoms with Gasteiger partial charge in [0.05, 0.1) is 7.11 Å². The van der Waals surface area contributed by atoms with E-state index in [-0.39, 0.29) is 0 Å². The van der Waals surface area contributed by atoms with E-state index in [4.69, 9.17) is 9.47 Å². The van der Waals surface area contributed by atoms with E-state index >= 15 is 0 Å². The summed E-state index contributed by atoms with van der Waals surface area (Å²) in [6.07, 6.45) is 4.73. The number of benzene rings is 2. The summed E-state index contributed by atoms with van der Waals surface area (Å²) in [6.45, 7) is 3.39. The SMILES string of the molecule is COc1ccc(CNC2CCN(c3ccccc3)C2)cc1OCc1cccnc1. The molecule has 150 valence electrons. The molecule has 2 heterocycles. The van der Waals surface area contributed by atoms with Crippen molar-refractivity contribution < 1.29 is 9.47 Å². The second-order valence-corrected chi connectivity index (χ2v) is 7.28. The van der Waals surface area contributed by atoms with Crippen LogP contribution in [0, 0.1) is 0 Å². The van der Waals surface area contributed by atoms with E-state index < -0.39 is 0 Å². The largest absolute Gasteiger partial charge is 0.493 e. The highest BCUT2D eigenvalue weighted by atomic mass is 16.5. The lowest BCUT2D eigenvalue weighted by molar-refractivity contribution is 0.283.